The maximum Gasteiger partial charge on any atom is 0.00724 e. The molecule has 1 heteroatoms. The minimum atomic E-state index is 0.244. The molecular formula is C22H31N. The van der Waals surface area contributed by atoms with E-state index in [1.807, 2.05) is 7.05 Å². The Kier molecular flexibility index (Phi) is 4.89. The van der Waals surface area contributed by atoms with E-state index in [4.69, 9.17) is 0 Å². The highest BCUT2D eigenvalue weighted by atomic mass is 14.8. The molecule has 0 unspecified atom stereocenters. The molecule has 124 valence electrons. The molecule has 1 aromatic rings. The quantitative estimate of drug-likeness (QED) is 0.700. The Labute approximate surface area is 142 Å². The van der Waals surface area contributed by atoms with Gasteiger partial charge in [-0.1, -0.05) is 64.6 Å². The first-order valence-corrected chi connectivity index (χ1v) is 8.54. The first-order chi connectivity index (χ1) is 10.7. The Morgan fingerprint density at radius 1 is 1.09 bits per heavy atom. The summed E-state index contributed by atoms with van der Waals surface area (Å²) in [6.45, 7) is 15.7. The number of allylic oxidation sites excluding steroid dienone is 5. The van der Waals surface area contributed by atoms with E-state index >= 15 is 0 Å². The molecule has 0 radical (unpaired) electrons. The van der Waals surface area contributed by atoms with Crippen LogP contribution >= 0.6 is 0 Å². The number of benzene rings is 1. The zero-order valence-corrected chi connectivity index (χ0v) is 15.6. The largest absolute Gasteiger partial charge is 0.392 e. The summed E-state index contributed by atoms with van der Waals surface area (Å²) in [5.74, 6) is 0. The van der Waals surface area contributed by atoms with Crippen molar-refractivity contribution in [2.45, 2.75) is 58.3 Å². The molecular weight excluding hydrogens is 278 g/mol. The third kappa shape index (κ3) is 3.77. The number of nitrogens with one attached hydrogen (secondary N) is 1. The van der Waals surface area contributed by atoms with Gasteiger partial charge in [-0.25, -0.2) is 0 Å². The lowest BCUT2D eigenvalue weighted by atomic mass is 9.63. The zero-order chi connectivity index (χ0) is 17.3. The zero-order valence-electron chi connectivity index (χ0n) is 15.6. The van der Waals surface area contributed by atoms with E-state index in [2.05, 4.69) is 82.9 Å². The summed E-state index contributed by atoms with van der Waals surface area (Å²) in [5, 5.41) is 3.12. The van der Waals surface area contributed by atoms with Crippen molar-refractivity contribution in [2.24, 2.45) is 0 Å². The predicted molar refractivity (Wildman–Crippen MR) is 103 cm³/mol. The van der Waals surface area contributed by atoms with Crippen molar-refractivity contribution in [3.8, 4) is 0 Å². The van der Waals surface area contributed by atoms with E-state index in [1.54, 1.807) is 0 Å². The van der Waals surface area contributed by atoms with Crippen molar-refractivity contribution in [1.82, 2.24) is 5.32 Å². The molecule has 1 aliphatic rings. The lowest BCUT2D eigenvalue weighted by Gasteiger charge is -2.42. The Hall–Kier alpha value is -1.76. The molecule has 0 aliphatic heterocycles. The van der Waals surface area contributed by atoms with Gasteiger partial charge in [0.15, 0.2) is 0 Å². The second-order valence-electron chi connectivity index (χ2n) is 8.01. The summed E-state index contributed by atoms with van der Waals surface area (Å²) in [5.41, 5.74) is 6.93. The minimum Gasteiger partial charge on any atom is -0.392 e. The summed E-state index contributed by atoms with van der Waals surface area (Å²) in [6.07, 6.45) is 8.70. The molecule has 0 saturated carbocycles. The van der Waals surface area contributed by atoms with Crippen molar-refractivity contribution in [2.75, 3.05) is 7.05 Å². The number of fused-ring (bicyclic) bond motifs is 1. The lowest BCUT2D eigenvalue weighted by Crippen LogP contribution is -2.33. The van der Waals surface area contributed by atoms with Gasteiger partial charge in [0.25, 0.3) is 0 Å². The molecule has 1 N–H and O–H groups in total. The van der Waals surface area contributed by atoms with Gasteiger partial charge < -0.3 is 5.32 Å². The normalized spacial score (nSPS) is 19.5. The summed E-state index contributed by atoms with van der Waals surface area (Å²) in [7, 11) is 1.93. The summed E-state index contributed by atoms with van der Waals surface area (Å²) in [4.78, 5) is 0. The fourth-order valence-electron chi connectivity index (χ4n) is 3.28. The van der Waals surface area contributed by atoms with Crippen LogP contribution in [-0.4, -0.2) is 7.05 Å². The summed E-state index contributed by atoms with van der Waals surface area (Å²) < 4.78 is 0. The van der Waals surface area contributed by atoms with Crippen LogP contribution in [0.5, 0.6) is 0 Å². The molecule has 23 heavy (non-hydrogen) atoms. The molecule has 0 aromatic heterocycles. The van der Waals surface area contributed by atoms with Crippen LogP contribution in [0.1, 0.15) is 64.2 Å². The molecule has 0 saturated heterocycles. The first-order valence-electron chi connectivity index (χ1n) is 8.54. The average molecular weight is 309 g/mol. The molecule has 0 amide bonds. The van der Waals surface area contributed by atoms with Gasteiger partial charge in [-0.15, -0.1) is 0 Å². The first kappa shape index (κ1) is 17.6. The number of hydrogen-bond acceptors (Lipinski definition) is 1. The van der Waals surface area contributed by atoms with Gasteiger partial charge in [-0.05, 0) is 58.9 Å². The maximum atomic E-state index is 4.24. The third-order valence-corrected chi connectivity index (χ3v) is 5.26. The Morgan fingerprint density at radius 3 is 2.30 bits per heavy atom. The molecule has 0 heterocycles. The van der Waals surface area contributed by atoms with Crippen molar-refractivity contribution in [3.05, 3.63) is 65.4 Å². The highest BCUT2D eigenvalue weighted by Gasteiger charge is 2.36. The molecule has 0 bridgehead atoms. The minimum absolute atomic E-state index is 0.244. The Bertz CT molecular complexity index is 657. The lowest BCUT2D eigenvalue weighted by molar-refractivity contribution is 0.332. The van der Waals surface area contributed by atoms with Crippen LogP contribution in [0.2, 0.25) is 0 Å². The van der Waals surface area contributed by atoms with Crippen LogP contribution in [0, 0.1) is 0 Å². The summed E-state index contributed by atoms with van der Waals surface area (Å²) in [6, 6.07) is 6.90. The van der Waals surface area contributed by atoms with Gasteiger partial charge in [-0.2, -0.15) is 0 Å². The summed E-state index contributed by atoms with van der Waals surface area (Å²) >= 11 is 0. The van der Waals surface area contributed by atoms with Crippen molar-refractivity contribution < 1.29 is 0 Å². The highest BCUT2D eigenvalue weighted by Crippen LogP contribution is 2.46. The highest BCUT2D eigenvalue weighted by molar-refractivity contribution is 5.73. The SMILES string of the molecule is C=C(/C=C\C=C(/C)NC)c1ccc2c(c1)C(C)(C)CCC2(C)C. The topological polar surface area (TPSA) is 12.0 Å². The van der Waals surface area contributed by atoms with E-state index in [9.17, 15) is 0 Å². The number of hydrogen-bond donors (Lipinski definition) is 1. The van der Waals surface area contributed by atoms with Gasteiger partial charge in [0.05, 0.1) is 0 Å². The Balaban J connectivity index is 2.35. The second kappa shape index (κ2) is 6.39. The van der Waals surface area contributed by atoms with Crippen LogP contribution < -0.4 is 5.32 Å². The number of rotatable bonds is 4. The molecule has 0 fully saturated rings. The smallest absolute Gasteiger partial charge is 0.00724 e. The van der Waals surface area contributed by atoms with E-state index in [0.29, 0.717) is 0 Å². The van der Waals surface area contributed by atoms with Gasteiger partial charge in [-0.3, -0.25) is 0 Å². The molecule has 0 spiro atoms. The van der Waals surface area contributed by atoms with Crippen LogP contribution in [-0.2, 0) is 10.8 Å². The van der Waals surface area contributed by atoms with Crippen molar-refractivity contribution in [1.29, 1.82) is 0 Å². The van der Waals surface area contributed by atoms with E-state index in [-0.39, 0.29) is 10.8 Å². The van der Waals surface area contributed by atoms with Gasteiger partial charge in [0.2, 0.25) is 0 Å². The van der Waals surface area contributed by atoms with Crippen LogP contribution in [0.15, 0.2) is 48.7 Å². The van der Waals surface area contributed by atoms with E-state index < -0.39 is 0 Å². The van der Waals surface area contributed by atoms with Crippen molar-refractivity contribution >= 4 is 5.57 Å². The van der Waals surface area contributed by atoms with Crippen LogP contribution in [0.3, 0.4) is 0 Å². The average Bonchev–Trinajstić information content (AvgIpc) is 2.51. The monoisotopic (exact) mass is 309 g/mol. The van der Waals surface area contributed by atoms with Crippen LogP contribution in [0.4, 0.5) is 0 Å². The molecule has 1 aliphatic carbocycles. The van der Waals surface area contributed by atoms with E-state index in [0.717, 1.165) is 11.3 Å². The second-order valence-corrected chi connectivity index (χ2v) is 8.01. The van der Waals surface area contributed by atoms with Gasteiger partial charge in [0, 0.05) is 12.7 Å². The standard InChI is InChI=1S/C22H31N/c1-16(9-8-10-17(2)23-7)18-11-12-19-20(15-18)22(5,6)14-13-21(19,3)4/h8-12,15,23H,1,13-14H2,2-7H3/b9-8-,17-10+. The van der Waals surface area contributed by atoms with Crippen LogP contribution in [0.25, 0.3) is 5.57 Å². The van der Waals surface area contributed by atoms with Crippen molar-refractivity contribution in [3.63, 3.8) is 0 Å². The molecule has 1 nitrogen and oxygen atoms in total. The third-order valence-electron chi connectivity index (χ3n) is 5.26. The maximum absolute atomic E-state index is 4.24. The predicted octanol–water partition coefficient (Wildman–Crippen LogP) is 5.73. The van der Waals surface area contributed by atoms with E-state index in [1.165, 1.54) is 29.5 Å². The fourth-order valence-corrected chi connectivity index (χ4v) is 3.28. The fraction of sp³-hybridized carbons (Fsp3) is 0.455. The molecule has 2 rings (SSSR count). The Morgan fingerprint density at radius 2 is 1.70 bits per heavy atom. The molecule has 1 aromatic carbocycles. The van der Waals surface area contributed by atoms with Gasteiger partial charge >= 0.3 is 0 Å². The molecule has 0 atom stereocenters. The van der Waals surface area contributed by atoms with Gasteiger partial charge in [0.1, 0.15) is 0 Å².